The first-order chi connectivity index (χ1) is 17.3. The summed E-state index contributed by atoms with van der Waals surface area (Å²) < 4.78 is 41.6. The molecule has 1 saturated heterocycles. The van der Waals surface area contributed by atoms with Gasteiger partial charge in [-0.1, -0.05) is 6.07 Å². The zero-order chi connectivity index (χ0) is 25.3. The van der Waals surface area contributed by atoms with Crippen LogP contribution in [0.3, 0.4) is 0 Å². The fraction of sp³-hybridized carbons (Fsp3) is 0.280. The third kappa shape index (κ3) is 4.81. The highest BCUT2D eigenvalue weighted by atomic mass is 19.4. The molecule has 36 heavy (non-hydrogen) atoms. The molecule has 0 radical (unpaired) electrons. The average Bonchev–Trinajstić information content (AvgIpc) is 3.31. The van der Waals surface area contributed by atoms with E-state index in [1.54, 1.807) is 0 Å². The van der Waals surface area contributed by atoms with Gasteiger partial charge in [0.15, 0.2) is 5.65 Å². The number of benzene rings is 2. The molecule has 11 heteroatoms. The topological polar surface area (TPSA) is 85.0 Å². The number of halogens is 3. The lowest BCUT2D eigenvalue weighted by Crippen LogP contribution is -2.29. The van der Waals surface area contributed by atoms with Gasteiger partial charge in [-0.2, -0.15) is 18.3 Å². The molecule has 4 aromatic rings. The maximum Gasteiger partial charge on any atom is 0.416 e. The van der Waals surface area contributed by atoms with Gasteiger partial charge in [-0.25, -0.2) is 9.67 Å². The normalized spacial score (nSPS) is 14.2. The SMILES string of the molecule is O=C(Cn1cnc2c(cnn2-c2cccc(C(F)(F)F)c2)c1=O)Nc1ccc(N2CCCCC2)cc1. The van der Waals surface area contributed by atoms with Crippen LogP contribution in [0.4, 0.5) is 24.5 Å². The Balaban J connectivity index is 1.31. The predicted octanol–water partition coefficient (Wildman–Crippen LogP) is 4.23. The van der Waals surface area contributed by atoms with Crippen molar-refractivity contribution in [3.05, 3.63) is 77.0 Å². The van der Waals surface area contributed by atoms with E-state index in [1.807, 2.05) is 24.3 Å². The number of nitrogens with zero attached hydrogens (tertiary/aromatic N) is 5. The van der Waals surface area contributed by atoms with Gasteiger partial charge in [0.2, 0.25) is 5.91 Å². The number of carbonyl (C=O) groups excluding carboxylic acids is 1. The molecule has 8 nitrogen and oxygen atoms in total. The van der Waals surface area contributed by atoms with Crippen LogP contribution in [0.5, 0.6) is 0 Å². The Morgan fingerprint density at radius 2 is 1.75 bits per heavy atom. The van der Waals surface area contributed by atoms with E-state index in [-0.39, 0.29) is 23.3 Å². The molecule has 2 aromatic carbocycles. The van der Waals surface area contributed by atoms with Crippen molar-refractivity contribution >= 4 is 28.3 Å². The fourth-order valence-corrected chi connectivity index (χ4v) is 4.33. The third-order valence-electron chi connectivity index (χ3n) is 6.16. The van der Waals surface area contributed by atoms with Crippen molar-refractivity contribution in [2.45, 2.75) is 32.0 Å². The summed E-state index contributed by atoms with van der Waals surface area (Å²) in [6.07, 6.45) is 1.50. The summed E-state index contributed by atoms with van der Waals surface area (Å²) in [5.41, 5.74) is 0.586. The van der Waals surface area contributed by atoms with Crippen LogP contribution in [0.15, 0.2) is 65.8 Å². The molecule has 1 aliphatic heterocycles. The van der Waals surface area contributed by atoms with Gasteiger partial charge in [-0.3, -0.25) is 14.2 Å². The van der Waals surface area contributed by atoms with Crippen LogP contribution in [0.1, 0.15) is 24.8 Å². The van der Waals surface area contributed by atoms with E-state index in [0.29, 0.717) is 5.69 Å². The van der Waals surface area contributed by atoms with Crippen LogP contribution >= 0.6 is 0 Å². The number of aromatic nitrogens is 4. The standard InChI is InChI=1S/C25H23F3N6O2/c26-25(27,28)17-5-4-6-20(13-17)34-23-21(14-30-34)24(36)33(16-29-23)15-22(35)31-18-7-9-19(10-8-18)32-11-2-1-3-12-32/h4-10,13-14,16H,1-3,11-12,15H2,(H,31,35). The van der Waals surface area contributed by atoms with Crippen molar-refractivity contribution in [1.82, 2.24) is 19.3 Å². The molecule has 3 heterocycles. The molecular formula is C25H23F3N6O2. The van der Waals surface area contributed by atoms with Crippen LogP contribution in [-0.4, -0.2) is 38.3 Å². The van der Waals surface area contributed by atoms with E-state index in [4.69, 9.17) is 0 Å². The Morgan fingerprint density at radius 1 is 1.00 bits per heavy atom. The van der Waals surface area contributed by atoms with Gasteiger partial charge in [0, 0.05) is 24.5 Å². The Morgan fingerprint density at radius 3 is 2.47 bits per heavy atom. The van der Waals surface area contributed by atoms with Crippen LogP contribution in [0.25, 0.3) is 16.7 Å². The number of hydrogen-bond acceptors (Lipinski definition) is 5. The van der Waals surface area contributed by atoms with Crippen molar-refractivity contribution < 1.29 is 18.0 Å². The molecule has 5 rings (SSSR count). The Hall–Kier alpha value is -4.15. The lowest BCUT2D eigenvalue weighted by molar-refractivity contribution is -0.137. The van der Waals surface area contributed by atoms with Crippen molar-refractivity contribution in [2.24, 2.45) is 0 Å². The van der Waals surface area contributed by atoms with Gasteiger partial charge in [-0.05, 0) is 61.7 Å². The molecule has 186 valence electrons. The van der Waals surface area contributed by atoms with E-state index in [0.717, 1.165) is 35.5 Å². The number of fused-ring (bicyclic) bond motifs is 1. The summed E-state index contributed by atoms with van der Waals surface area (Å²) in [5, 5.41) is 6.92. The zero-order valence-electron chi connectivity index (χ0n) is 19.2. The minimum Gasteiger partial charge on any atom is -0.372 e. The van der Waals surface area contributed by atoms with Crippen molar-refractivity contribution in [1.29, 1.82) is 0 Å². The molecule has 0 bridgehead atoms. The number of alkyl halides is 3. The molecule has 0 saturated carbocycles. The highest BCUT2D eigenvalue weighted by molar-refractivity contribution is 5.91. The first-order valence-corrected chi connectivity index (χ1v) is 11.6. The monoisotopic (exact) mass is 496 g/mol. The zero-order valence-corrected chi connectivity index (χ0v) is 19.2. The maximum absolute atomic E-state index is 13.1. The summed E-state index contributed by atoms with van der Waals surface area (Å²) in [6, 6.07) is 12.2. The first kappa shape index (κ1) is 23.6. The number of anilines is 2. The summed E-state index contributed by atoms with van der Waals surface area (Å²) in [4.78, 5) is 32.0. The Kier molecular flexibility index (Phi) is 6.21. The van der Waals surface area contributed by atoms with E-state index in [1.165, 1.54) is 48.6 Å². The molecule has 1 N–H and O–H groups in total. The number of piperidine rings is 1. The maximum atomic E-state index is 13.1. The number of carbonyl (C=O) groups is 1. The second kappa shape index (κ2) is 9.48. The minimum absolute atomic E-state index is 0.0913. The molecule has 0 aliphatic carbocycles. The number of rotatable bonds is 5. The molecule has 1 aliphatic rings. The summed E-state index contributed by atoms with van der Waals surface area (Å²) >= 11 is 0. The van der Waals surface area contributed by atoms with Crippen LogP contribution in [-0.2, 0) is 17.5 Å². The van der Waals surface area contributed by atoms with E-state index in [2.05, 4.69) is 20.3 Å². The second-order valence-electron chi connectivity index (χ2n) is 8.66. The molecule has 0 spiro atoms. The van der Waals surface area contributed by atoms with Gasteiger partial charge in [-0.15, -0.1) is 0 Å². The van der Waals surface area contributed by atoms with Gasteiger partial charge in [0.25, 0.3) is 5.56 Å². The smallest absolute Gasteiger partial charge is 0.372 e. The van der Waals surface area contributed by atoms with E-state index in [9.17, 15) is 22.8 Å². The Labute approximate surface area is 204 Å². The lowest BCUT2D eigenvalue weighted by atomic mass is 10.1. The van der Waals surface area contributed by atoms with Gasteiger partial charge < -0.3 is 10.2 Å². The van der Waals surface area contributed by atoms with Crippen LogP contribution in [0.2, 0.25) is 0 Å². The molecule has 0 atom stereocenters. The van der Waals surface area contributed by atoms with Gasteiger partial charge >= 0.3 is 6.18 Å². The molecule has 2 aromatic heterocycles. The number of amides is 1. The van der Waals surface area contributed by atoms with Crippen molar-refractivity contribution in [3.8, 4) is 5.69 Å². The summed E-state index contributed by atoms with van der Waals surface area (Å²) in [6.45, 7) is 1.77. The largest absolute Gasteiger partial charge is 0.416 e. The third-order valence-corrected chi connectivity index (χ3v) is 6.16. The summed E-state index contributed by atoms with van der Waals surface area (Å²) in [7, 11) is 0. The van der Waals surface area contributed by atoms with Gasteiger partial charge in [0.1, 0.15) is 18.3 Å². The molecule has 1 amide bonds. The molecular weight excluding hydrogens is 473 g/mol. The summed E-state index contributed by atoms with van der Waals surface area (Å²) in [5.74, 6) is -0.408. The quantitative estimate of drug-likeness (QED) is 0.447. The van der Waals surface area contributed by atoms with Crippen LogP contribution in [0, 0.1) is 0 Å². The van der Waals surface area contributed by atoms with E-state index >= 15 is 0 Å². The van der Waals surface area contributed by atoms with Crippen LogP contribution < -0.4 is 15.8 Å². The lowest BCUT2D eigenvalue weighted by Gasteiger charge is -2.28. The van der Waals surface area contributed by atoms with Crippen molar-refractivity contribution in [3.63, 3.8) is 0 Å². The number of hydrogen-bond donors (Lipinski definition) is 1. The highest BCUT2D eigenvalue weighted by Gasteiger charge is 2.30. The Bertz CT molecular complexity index is 1450. The average molecular weight is 496 g/mol. The van der Waals surface area contributed by atoms with E-state index < -0.39 is 23.2 Å². The molecule has 1 fully saturated rings. The minimum atomic E-state index is -4.51. The fourth-order valence-electron chi connectivity index (χ4n) is 4.33. The first-order valence-electron chi connectivity index (χ1n) is 11.6. The predicted molar refractivity (Wildman–Crippen MR) is 129 cm³/mol. The van der Waals surface area contributed by atoms with Gasteiger partial charge in [0.05, 0.1) is 17.4 Å². The highest BCUT2D eigenvalue weighted by Crippen LogP contribution is 2.30. The number of nitrogens with one attached hydrogen (secondary N) is 1. The second-order valence-corrected chi connectivity index (χ2v) is 8.66. The van der Waals surface area contributed by atoms with Crippen molar-refractivity contribution in [2.75, 3.05) is 23.3 Å². The molecule has 0 unspecified atom stereocenters.